The van der Waals surface area contributed by atoms with Crippen molar-refractivity contribution < 1.29 is 19.1 Å². The second kappa shape index (κ2) is 9.00. The minimum absolute atomic E-state index is 0.306. The van der Waals surface area contributed by atoms with Crippen LogP contribution in [0.1, 0.15) is 20.8 Å². The molecule has 0 unspecified atom stereocenters. The van der Waals surface area contributed by atoms with Crippen LogP contribution < -0.4 is 9.47 Å². The molecule has 3 rings (SSSR count). The number of nitrogens with zero attached hydrogens (tertiary/aromatic N) is 1. The minimum Gasteiger partial charge on any atom is -0.497 e. The second-order valence-electron chi connectivity index (χ2n) is 5.66. The van der Waals surface area contributed by atoms with Gasteiger partial charge in [-0.2, -0.15) is 0 Å². The average molecular weight is 381 g/mol. The van der Waals surface area contributed by atoms with Crippen molar-refractivity contribution in [1.82, 2.24) is 0 Å². The average Bonchev–Trinajstić information content (AvgIpc) is 3.25. The highest BCUT2D eigenvalue weighted by molar-refractivity contribution is 7.12. The predicted molar refractivity (Wildman–Crippen MR) is 106 cm³/mol. The van der Waals surface area contributed by atoms with E-state index in [4.69, 9.17) is 14.3 Å². The number of carbonyl (C=O) groups excluding carboxylic acids is 1. The molecule has 0 radical (unpaired) electrons. The molecule has 3 aromatic rings. The summed E-state index contributed by atoms with van der Waals surface area (Å²) in [6.07, 6.45) is 0.566. The van der Waals surface area contributed by atoms with Crippen LogP contribution in [0.3, 0.4) is 0 Å². The first-order valence-corrected chi connectivity index (χ1v) is 9.16. The summed E-state index contributed by atoms with van der Waals surface area (Å²) in [6, 6.07) is 18.7. The first kappa shape index (κ1) is 18.7. The van der Waals surface area contributed by atoms with Crippen LogP contribution in [0, 0.1) is 0 Å². The molecule has 0 amide bonds. The SMILES string of the molecule is COc1cc(OC)cc(C(=O)O/N=C(\Cc2ccccc2)c2cccs2)c1. The molecule has 138 valence electrons. The molecule has 1 heterocycles. The van der Waals surface area contributed by atoms with Gasteiger partial charge in [-0.05, 0) is 29.1 Å². The van der Waals surface area contributed by atoms with E-state index in [9.17, 15) is 4.79 Å². The Balaban J connectivity index is 1.83. The van der Waals surface area contributed by atoms with Gasteiger partial charge in [0.05, 0.1) is 24.7 Å². The highest BCUT2D eigenvalue weighted by atomic mass is 32.1. The van der Waals surface area contributed by atoms with E-state index in [1.807, 2.05) is 47.8 Å². The summed E-state index contributed by atoms with van der Waals surface area (Å²) in [5.41, 5.74) is 2.09. The molecular weight excluding hydrogens is 362 g/mol. The molecule has 0 N–H and O–H groups in total. The van der Waals surface area contributed by atoms with E-state index >= 15 is 0 Å². The van der Waals surface area contributed by atoms with Gasteiger partial charge in [-0.15, -0.1) is 11.3 Å². The number of carbonyl (C=O) groups is 1. The van der Waals surface area contributed by atoms with Gasteiger partial charge in [0.2, 0.25) is 0 Å². The third-order valence-electron chi connectivity index (χ3n) is 3.85. The fraction of sp³-hybridized carbons (Fsp3) is 0.143. The monoisotopic (exact) mass is 381 g/mol. The number of hydrogen-bond acceptors (Lipinski definition) is 6. The van der Waals surface area contributed by atoms with Gasteiger partial charge in [0.15, 0.2) is 0 Å². The molecule has 27 heavy (non-hydrogen) atoms. The van der Waals surface area contributed by atoms with Gasteiger partial charge in [-0.25, -0.2) is 4.79 Å². The topological polar surface area (TPSA) is 57.1 Å². The van der Waals surface area contributed by atoms with Crippen molar-refractivity contribution in [3.8, 4) is 11.5 Å². The first-order valence-electron chi connectivity index (χ1n) is 8.28. The summed E-state index contributed by atoms with van der Waals surface area (Å²) in [5, 5.41) is 6.11. The third-order valence-corrected chi connectivity index (χ3v) is 4.76. The summed E-state index contributed by atoms with van der Waals surface area (Å²) in [6.45, 7) is 0. The molecule has 0 atom stereocenters. The Morgan fingerprint density at radius 3 is 2.26 bits per heavy atom. The quantitative estimate of drug-likeness (QED) is 0.342. The maximum atomic E-state index is 12.5. The summed E-state index contributed by atoms with van der Waals surface area (Å²) >= 11 is 1.55. The standard InChI is InChI=1S/C21H19NO4S/c1-24-17-12-16(13-18(14-17)25-2)21(23)26-22-19(20-9-6-10-27-20)11-15-7-4-3-5-8-15/h3-10,12-14H,11H2,1-2H3/b22-19+. The Bertz CT molecular complexity index is 898. The van der Waals surface area contributed by atoms with Crippen molar-refractivity contribution in [2.24, 2.45) is 5.16 Å². The lowest BCUT2D eigenvalue weighted by molar-refractivity contribution is 0.0515. The maximum Gasteiger partial charge on any atom is 0.366 e. The summed E-state index contributed by atoms with van der Waals surface area (Å²) in [7, 11) is 3.05. The summed E-state index contributed by atoms with van der Waals surface area (Å²) in [4.78, 5) is 18.7. The highest BCUT2D eigenvalue weighted by Crippen LogP contribution is 2.23. The van der Waals surface area contributed by atoms with Gasteiger partial charge in [0, 0.05) is 12.5 Å². The van der Waals surface area contributed by atoms with Crippen molar-refractivity contribution in [1.29, 1.82) is 0 Å². The fourth-order valence-corrected chi connectivity index (χ4v) is 3.18. The van der Waals surface area contributed by atoms with Crippen LogP contribution >= 0.6 is 11.3 Å². The molecule has 6 heteroatoms. The Kier molecular flexibility index (Phi) is 6.22. The van der Waals surface area contributed by atoms with Crippen LogP contribution in [0.25, 0.3) is 0 Å². The number of ether oxygens (including phenoxy) is 2. The number of hydrogen-bond donors (Lipinski definition) is 0. The molecule has 0 aliphatic rings. The van der Waals surface area contributed by atoms with Crippen LogP contribution in [0.4, 0.5) is 0 Å². The van der Waals surface area contributed by atoms with Crippen molar-refractivity contribution >= 4 is 23.0 Å². The Labute approximate surface area is 161 Å². The van der Waals surface area contributed by atoms with Gasteiger partial charge < -0.3 is 14.3 Å². The Morgan fingerprint density at radius 2 is 1.67 bits per heavy atom. The van der Waals surface area contributed by atoms with E-state index in [-0.39, 0.29) is 0 Å². The van der Waals surface area contributed by atoms with Gasteiger partial charge in [-0.1, -0.05) is 41.6 Å². The van der Waals surface area contributed by atoms with Crippen molar-refractivity contribution in [3.63, 3.8) is 0 Å². The molecule has 0 aliphatic carbocycles. The van der Waals surface area contributed by atoms with E-state index in [1.54, 1.807) is 29.5 Å². The van der Waals surface area contributed by atoms with Crippen molar-refractivity contribution in [2.75, 3.05) is 14.2 Å². The molecule has 0 spiro atoms. The number of oxime groups is 1. The normalized spacial score (nSPS) is 11.1. The fourth-order valence-electron chi connectivity index (χ4n) is 2.47. The molecule has 0 aliphatic heterocycles. The second-order valence-corrected chi connectivity index (χ2v) is 6.61. The zero-order valence-electron chi connectivity index (χ0n) is 15.0. The van der Waals surface area contributed by atoms with Crippen LogP contribution in [-0.4, -0.2) is 25.9 Å². The van der Waals surface area contributed by atoms with Gasteiger partial charge in [0.1, 0.15) is 17.2 Å². The van der Waals surface area contributed by atoms with Crippen molar-refractivity contribution in [3.05, 3.63) is 82.0 Å². The zero-order chi connectivity index (χ0) is 19.1. The Morgan fingerprint density at radius 1 is 0.963 bits per heavy atom. The van der Waals surface area contributed by atoms with E-state index in [2.05, 4.69) is 5.16 Å². The first-order chi connectivity index (χ1) is 13.2. The summed E-state index contributed by atoms with van der Waals surface area (Å²) < 4.78 is 10.4. The maximum absolute atomic E-state index is 12.5. The van der Waals surface area contributed by atoms with Crippen LogP contribution in [0.2, 0.25) is 0 Å². The van der Waals surface area contributed by atoms with Gasteiger partial charge in [0.25, 0.3) is 0 Å². The third kappa shape index (κ3) is 4.95. The Hall–Kier alpha value is -3.12. The lowest BCUT2D eigenvalue weighted by Gasteiger charge is -2.08. The van der Waals surface area contributed by atoms with E-state index in [0.717, 1.165) is 10.4 Å². The number of methoxy groups -OCH3 is 2. The van der Waals surface area contributed by atoms with Gasteiger partial charge in [-0.3, -0.25) is 0 Å². The lowest BCUT2D eigenvalue weighted by Crippen LogP contribution is -2.08. The molecule has 0 fully saturated rings. The molecule has 0 bridgehead atoms. The molecule has 2 aromatic carbocycles. The number of thiophene rings is 1. The summed E-state index contributed by atoms with van der Waals surface area (Å²) in [5.74, 6) is 0.440. The van der Waals surface area contributed by atoms with E-state index in [0.29, 0.717) is 29.2 Å². The van der Waals surface area contributed by atoms with E-state index < -0.39 is 5.97 Å². The highest BCUT2D eigenvalue weighted by Gasteiger charge is 2.13. The lowest BCUT2D eigenvalue weighted by atomic mass is 10.1. The smallest absolute Gasteiger partial charge is 0.366 e. The van der Waals surface area contributed by atoms with Crippen molar-refractivity contribution in [2.45, 2.75) is 6.42 Å². The number of benzene rings is 2. The molecule has 0 saturated heterocycles. The molecule has 5 nitrogen and oxygen atoms in total. The molecular formula is C21H19NO4S. The van der Waals surface area contributed by atoms with Crippen LogP contribution in [0.5, 0.6) is 11.5 Å². The van der Waals surface area contributed by atoms with Crippen LogP contribution in [0.15, 0.2) is 71.2 Å². The van der Waals surface area contributed by atoms with Gasteiger partial charge >= 0.3 is 5.97 Å². The van der Waals surface area contributed by atoms with E-state index in [1.165, 1.54) is 14.2 Å². The zero-order valence-corrected chi connectivity index (χ0v) is 15.9. The van der Waals surface area contributed by atoms with Crippen LogP contribution in [-0.2, 0) is 11.3 Å². The number of rotatable bonds is 7. The predicted octanol–water partition coefficient (Wildman–Crippen LogP) is 4.57. The largest absolute Gasteiger partial charge is 0.497 e. The molecule has 0 saturated carbocycles. The minimum atomic E-state index is -0.575. The molecule has 1 aromatic heterocycles.